The summed E-state index contributed by atoms with van der Waals surface area (Å²) in [6.07, 6.45) is -0.592. The van der Waals surface area contributed by atoms with Gasteiger partial charge in [0.2, 0.25) is 0 Å². The fraction of sp³-hybridized carbons (Fsp3) is 0.462. The fourth-order valence-corrected chi connectivity index (χ4v) is 1.72. The highest BCUT2D eigenvalue weighted by molar-refractivity contribution is 5.74. The number of anilines is 1. The molecule has 1 aliphatic rings. The zero-order valence-electron chi connectivity index (χ0n) is 11.0. The zero-order valence-corrected chi connectivity index (χ0v) is 11.0. The van der Waals surface area contributed by atoms with Gasteiger partial charge in [-0.25, -0.2) is 4.79 Å². The first-order chi connectivity index (χ1) is 8.24. The molecule has 1 fully saturated rings. The number of nitrogens with zero attached hydrogens (tertiary/aromatic N) is 1. The lowest BCUT2D eigenvalue weighted by molar-refractivity contribution is -0.121. The molecule has 1 saturated heterocycles. The quantitative estimate of drug-likeness (QED) is 0.845. The second kappa shape index (κ2) is 3.88. The van der Waals surface area contributed by atoms with E-state index in [1.807, 2.05) is 31.2 Å². The molecule has 1 aromatic carbocycles. The van der Waals surface area contributed by atoms with Crippen LogP contribution in [0.1, 0.15) is 26.3 Å². The smallest absolute Gasteiger partial charge is 0.432 e. The van der Waals surface area contributed by atoms with E-state index in [-0.39, 0.29) is 0 Å². The van der Waals surface area contributed by atoms with Crippen molar-refractivity contribution in [3.8, 4) is 0 Å². The van der Waals surface area contributed by atoms with E-state index in [9.17, 15) is 9.90 Å². The maximum Gasteiger partial charge on any atom is 0.432 e. The van der Waals surface area contributed by atoms with Gasteiger partial charge in [-0.1, -0.05) is 17.7 Å². The Kier molecular flexibility index (Phi) is 2.74. The molecule has 0 bridgehead atoms. The van der Waals surface area contributed by atoms with Crippen LogP contribution in [0, 0.1) is 6.92 Å². The molecular formula is C13H18N2O3. The van der Waals surface area contributed by atoms with Gasteiger partial charge in [0.05, 0.1) is 5.69 Å². The molecule has 0 aromatic heterocycles. The van der Waals surface area contributed by atoms with E-state index < -0.39 is 17.4 Å². The van der Waals surface area contributed by atoms with E-state index in [1.165, 1.54) is 0 Å². The van der Waals surface area contributed by atoms with Crippen molar-refractivity contribution in [1.29, 1.82) is 0 Å². The van der Waals surface area contributed by atoms with Crippen LogP contribution in [0.15, 0.2) is 24.3 Å². The Balaban J connectivity index is 2.24. The molecule has 5 heteroatoms. The number of amides is 1. The maximum atomic E-state index is 11.8. The predicted octanol–water partition coefficient (Wildman–Crippen LogP) is 2.26. The standard InChI is InChI=1S/C13H18N2O3/c1-9-5-7-10(8-6-9)14-15-11(16)18-12(2,3)13(15,4)17/h5-8,14,17H,1-4H3/t13-/m1/s1. The minimum atomic E-state index is -1.42. The minimum Gasteiger partial charge on any atom is -0.437 e. The van der Waals surface area contributed by atoms with E-state index in [2.05, 4.69) is 5.43 Å². The molecule has 1 aliphatic heterocycles. The number of hydrogen-bond acceptors (Lipinski definition) is 4. The summed E-state index contributed by atoms with van der Waals surface area (Å²) in [6.45, 7) is 6.86. The van der Waals surface area contributed by atoms with Gasteiger partial charge in [0, 0.05) is 0 Å². The highest BCUT2D eigenvalue weighted by atomic mass is 16.6. The van der Waals surface area contributed by atoms with Crippen LogP contribution in [0.4, 0.5) is 10.5 Å². The van der Waals surface area contributed by atoms with Gasteiger partial charge in [-0.05, 0) is 39.8 Å². The maximum absolute atomic E-state index is 11.8. The van der Waals surface area contributed by atoms with Crippen molar-refractivity contribution in [3.63, 3.8) is 0 Å². The molecule has 2 rings (SSSR count). The van der Waals surface area contributed by atoms with E-state index in [0.717, 1.165) is 16.3 Å². The molecule has 1 amide bonds. The first kappa shape index (κ1) is 12.7. The van der Waals surface area contributed by atoms with Gasteiger partial charge in [-0.3, -0.25) is 5.43 Å². The van der Waals surface area contributed by atoms with E-state index >= 15 is 0 Å². The third kappa shape index (κ3) is 1.90. The van der Waals surface area contributed by atoms with Crippen molar-refractivity contribution >= 4 is 11.8 Å². The molecule has 0 saturated carbocycles. The Bertz CT molecular complexity index is 466. The molecule has 1 aromatic rings. The summed E-state index contributed by atoms with van der Waals surface area (Å²) in [6, 6.07) is 7.52. The van der Waals surface area contributed by atoms with Crippen LogP contribution in [-0.2, 0) is 4.74 Å². The molecule has 18 heavy (non-hydrogen) atoms. The van der Waals surface area contributed by atoms with Crippen molar-refractivity contribution in [2.75, 3.05) is 5.43 Å². The molecule has 0 aliphatic carbocycles. The Labute approximate surface area is 106 Å². The first-order valence-corrected chi connectivity index (χ1v) is 5.83. The van der Waals surface area contributed by atoms with Gasteiger partial charge < -0.3 is 9.84 Å². The molecule has 98 valence electrons. The van der Waals surface area contributed by atoms with Crippen LogP contribution in [-0.4, -0.2) is 27.5 Å². The summed E-state index contributed by atoms with van der Waals surface area (Å²) in [5, 5.41) is 11.5. The van der Waals surface area contributed by atoms with Crippen LogP contribution in [0.3, 0.4) is 0 Å². The lowest BCUT2D eigenvalue weighted by atomic mass is 9.97. The van der Waals surface area contributed by atoms with Crippen LogP contribution in [0.25, 0.3) is 0 Å². The SMILES string of the molecule is Cc1ccc(NN2C(=O)OC(C)(C)[C@@]2(C)O)cc1. The number of aryl methyl sites for hydroxylation is 1. The van der Waals surface area contributed by atoms with Crippen molar-refractivity contribution in [2.45, 2.75) is 39.0 Å². The fourth-order valence-electron chi connectivity index (χ4n) is 1.72. The van der Waals surface area contributed by atoms with Crippen LogP contribution < -0.4 is 5.43 Å². The summed E-state index contributed by atoms with van der Waals surface area (Å²) in [7, 11) is 0. The lowest BCUT2D eigenvalue weighted by Crippen LogP contribution is -2.55. The van der Waals surface area contributed by atoms with Crippen molar-refractivity contribution in [2.24, 2.45) is 0 Å². The van der Waals surface area contributed by atoms with Gasteiger partial charge in [0.25, 0.3) is 0 Å². The monoisotopic (exact) mass is 250 g/mol. The number of carbonyl (C=O) groups excluding carboxylic acids is 1. The first-order valence-electron chi connectivity index (χ1n) is 5.83. The second-order valence-electron chi connectivity index (χ2n) is 5.21. The number of aliphatic hydroxyl groups is 1. The summed E-state index contributed by atoms with van der Waals surface area (Å²) < 4.78 is 5.15. The molecule has 0 spiro atoms. The van der Waals surface area contributed by atoms with Gasteiger partial charge >= 0.3 is 6.09 Å². The number of hydrazine groups is 1. The molecule has 0 unspecified atom stereocenters. The predicted molar refractivity (Wildman–Crippen MR) is 67.8 cm³/mol. The van der Waals surface area contributed by atoms with Gasteiger partial charge in [-0.15, -0.1) is 0 Å². The minimum absolute atomic E-state index is 0.592. The van der Waals surface area contributed by atoms with Crippen molar-refractivity contribution in [1.82, 2.24) is 5.01 Å². The van der Waals surface area contributed by atoms with Gasteiger partial charge in [0.1, 0.15) is 0 Å². The Morgan fingerprint density at radius 3 is 2.22 bits per heavy atom. The average Bonchev–Trinajstić information content (AvgIpc) is 2.40. The van der Waals surface area contributed by atoms with Crippen LogP contribution in [0.2, 0.25) is 0 Å². The number of hydrogen-bond donors (Lipinski definition) is 2. The van der Waals surface area contributed by atoms with Crippen molar-refractivity contribution < 1.29 is 14.6 Å². The average molecular weight is 250 g/mol. The number of carbonyl (C=O) groups is 1. The topological polar surface area (TPSA) is 61.8 Å². The number of ether oxygens (including phenoxy) is 1. The third-order valence-corrected chi connectivity index (χ3v) is 3.39. The lowest BCUT2D eigenvalue weighted by Gasteiger charge is -2.34. The van der Waals surface area contributed by atoms with E-state index in [4.69, 9.17) is 4.74 Å². The van der Waals surface area contributed by atoms with Crippen molar-refractivity contribution in [3.05, 3.63) is 29.8 Å². The molecule has 1 atom stereocenters. The molecule has 5 nitrogen and oxygen atoms in total. The highest BCUT2D eigenvalue weighted by Gasteiger charge is 2.57. The zero-order chi connectivity index (χ0) is 13.6. The van der Waals surface area contributed by atoms with Crippen LogP contribution >= 0.6 is 0 Å². The summed E-state index contributed by atoms with van der Waals surface area (Å²) in [5.41, 5.74) is 2.32. The van der Waals surface area contributed by atoms with Gasteiger partial charge in [0.15, 0.2) is 11.3 Å². The van der Waals surface area contributed by atoms with Crippen LogP contribution in [0.5, 0.6) is 0 Å². The number of nitrogens with one attached hydrogen (secondary N) is 1. The molecule has 0 radical (unpaired) electrons. The highest BCUT2D eigenvalue weighted by Crippen LogP contribution is 2.36. The number of cyclic esters (lactones) is 1. The summed E-state index contributed by atoms with van der Waals surface area (Å²) in [4.78, 5) is 11.8. The van der Waals surface area contributed by atoms with E-state index in [0.29, 0.717) is 0 Å². The molecular weight excluding hydrogens is 232 g/mol. The Morgan fingerprint density at radius 1 is 1.22 bits per heavy atom. The number of rotatable bonds is 2. The largest absolute Gasteiger partial charge is 0.437 e. The summed E-state index contributed by atoms with van der Waals surface area (Å²) in [5.74, 6) is 0. The Morgan fingerprint density at radius 2 is 1.78 bits per heavy atom. The normalized spacial score (nSPS) is 26.1. The molecule has 1 heterocycles. The third-order valence-electron chi connectivity index (χ3n) is 3.39. The molecule has 2 N–H and O–H groups in total. The van der Waals surface area contributed by atoms with Gasteiger partial charge in [-0.2, -0.15) is 5.01 Å². The Hall–Kier alpha value is -1.75. The van der Waals surface area contributed by atoms with E-state index in [1.54, 1.807) is 20.8 Å². The number of benzene rings is 1. The second-order valence-corrected chi connectivity index (χ2v) is 5.21. The summed E-state index contributed by atoms with van der Waals surface area (Å²) >= 11 is 0.